The Morgan fingerprint density at radius 2 is 1.92 bits per heavy atom. The first-order valence-corrected chi connectivity index (χ1v) is 4.93. The van der Waals surface area contributed by atoms with Gasteiger partial charge in [0.2, 0.25) is 0 Å². The van der Waals surface area contributed by atoms with Crippen molar-refractivity contribution in [2.75, 3.05) is 0 Å². The van der Waals surface area contributed by atoms with E-state index in [1.54, 1.807) is 0 Å². The topological polar surface area (TPSA) is 32.3 Å². The van der Waals surface area contributed by atoms with Gasteiger partial charge in [-0.05, 0) is 46.5 Å². The van der Waals surface area contributed by atoms with Crippen molar-refractivity contribution in [2.45, 2.75) is 64.1 Å². The Labute approximate surface area is 75.4 Å². The molecule has 1 aliphatic rings. The molecule has 2 N–H and O–H groups in total. The average molecular weight is 171 g/mol. The van der Waals surface area contributed by atoms with Gasteiger partial charge in [0.25, 0.3) is 0 Å². The van der Waals surface area contributed by atoms with E-state index in [4.69, 9.17) is 0 Å². The highest BCUT2D eigenvalue weighted by Crippen LogP contribution is 2.20. The van der Waals surface area contributed by atoms with Crippen LogP contribution >= 0.6 is 0 Å². The maximum Gasteiger partial charge on any atom is 0.0555 e. The Morgan fingerprint density at radius 3 is 2.42 bits per heavy atom. The third-order valence-electron chi connectivity index (χ3n) is 2.28. The van der Waals surface area contributed by atoms with Gasteiger partial charge < -0.3 is 10.4 Å². The predicted octanol–water partition coefficient (Wildman–Crippen LogP) is 1.68. The van der Waals surface area contributed by atoms with E-state index in [-0.39, 0.29) is 11.6 Å². The molecule has 72 valence electrons. The quantitative estimate of drug-likeness (QED) is 0.629. The lowest BCUT2D eigenvalue weighted by atomic mass is 9.91. The maximum absolute atomic E-state index is 9.44. The number of rotatable bonds is 1. The predicted molar refractivity (Wildman–Crippen MR) is 51.2 cm³/mol. The summed E-state index contributed by atoms with van der Waals surface area (Å²) in [5.41, 5.74) is 0.182. The number of aliphatic hydroxyl groups excluding tert-OH is 1. The van der Waals surface area contributed by atoms with E-state index < -0.39 is 0 Å². The summed E-state index contributed by atoms with van der Waals surface area (Å²) in [6.45, 7) is 6.52. The number of aliphatic hydroxyl groups is 1. The minimum Gasteiger partial charge on any atom is -0.393 e. The first kappa shape index (κ1) is 10.0. The fourth-order valence-corrected chi connectivity index (χ4v) is 1.91. The summed E-state index contributed by atoms with van der Waals surface area (Å²) in [6.07, 6.45) is 4.22. The lowest BCUT2D eigenvalue weighted by Crippen LogP contribution is -2.46. The van der Waals surface area contributed by atoms with E-state index in [1.807, 2.05) is 0 Å². The number of nitrogens with one attached hydrogen (secondary N) is 1. The summed E-state index contributed by atoms with van der Waals surface area (Å²) >= 11 is 0. The summed E-state index contributed by atoms with van der Waals surface area (Å²) in [7, 11) is 0. The Hall–Kier alpha value is -0.0800. The summed E-state index contributed by atoms with van der Waals surface area (Å²) in [5.74, 6) is 0. The highest BCUT2D eigenvalue weighted by Gasteiger charge is 2.23. The maximum atomic E-state index is 9.44. The molecule has 12 heavy (non-hydrogen) atoms. The van der Waals surface area contributed by atoms with Crippen molar-refractivity contribution in [3.8, 4) is 0 Å². The van der Waals surface area contributed by atoms with Gasteiger partial charge in [0.05, 0.1) is 6.10 Å². The van der Waals surface area contributed by atoms with Gasteiger partial charge in [-0.1, -0.05) is 0 Å². The van der Waals surface area contributed by atoms with Crippen molar-refractivity contribution >= 4 is 0 Å². The first-order chi connectivity index (χ1) is 5.47. The monoisotopic (exact) mass is 171 g/mol. The zero-order valence-corrected chi connectivity index (χ0v) is 8.43. The molecule has 2 atom stereocenters. The van der Waals surface area contributed by atoms with E-state index in [2.05, 4.69) is 26.1 Å². The summed E-state index contributed by atoms with van der Waals surface area (Å²) in [6, 6.07) is 0.522. The molecule has 2 nitrogen and oxygen atoms in total. The molecule has 0 aliphatic heterocycles. The van der Waals surface area contributed by atoms with Gasteiger partial charge in [-0.3, -0.25) is 0 Å². The van der Waals surface area contributed by atoms with Crippen LogP contribution in [0.25, 0.3) is 0 Å². The van der Waals surface area contributed by atoms with E-state index >= 15 is 0 Å². The second kappa shape index (κ2) is 3.75. The van der Waals surface area contributed by atoms with Gasteiger partial charge in [0.1, 0.15) is 0 Å². The van der Waals surface area contributed by atoms with Crippen LogP contribution in [0.1, 0.15) is 46.5 Å². The van der Waals surface area contributed by atoms with E-state index in [9.17, 15) is 5.11 Å². The van der Waals surface area contributed by atoms with Crippen molar-refractivity contribution in [1.82, 2.24) is 5.32 Å². The Kier molecular flexibility index (Phi) is 3.13. The normalized spacial score (nSPS) is 32.0. The van der Waals surface area contributed by atoms with Crippen LogP contribution in [0.2, 0.25) is 0 Å². The van der Waals surface area contributed by atoms with Crippen LogP contribution in [0.5, 0.6) is 0 Å². The zero-order chi connectivity index (χ0) is 9.19. The van der Waals surface area contributed by atoms with Crippen molar-refractivity contribution < 1.29 is 5.11 Å². The third kappa shape index (κ3) is 3.55. The van der Waals surface area contributed by atoms with E-state index in [0.29, 0.717) is 6.04 Å². The molecule has 0 saturated heterocycles. The lowest BCUT2D eigenvalue weighted by Gasteiger charge is -2.33. The minimum atomic E-state index is -0.0707. The van der Waals surface area contributed by atoms with Crippen LogP contribution in [-0.4, -0.2) is 22.8 Å². The average Bonchev–Trinajstić information content (AvgIpc) is 1.82. The molecule has 1 fully saturated rings. The molecule has 0 bridgehead atoms. The largest absolute Gasteiger partial charge is 0.393 e. The van der Waals surface area contributed by atoms with Gasteiger partial charge in [-0.15, -0.1) is 0 Å². The Balaban J connectivity index is 2.32. The Bertz CT molecular complexity index is 139. The van der Waals surface area contributed by atoms with Crippen LogP contribution in [0.4, 0.5) is 0 Å². The van der Waals surface area contributed by atoms with Crippen molar-refractivity contribution in [1.29, 1.82) is 0 Å². The molecule has 0 amide bonds. The molecule has 0 aromatic rings. The molecule has 2 heteroatoms. The molecule has 1 aliphatic carbocycles. The second-order valence-corrected chi connectivity index (χ2v) is 4.91. The number of hydrogen-bond acceptors (Lipinski definition) is 2. The van der Waals surface area contributed by atoms with E-state index in [0.717, 1.165) is 19.3 Å². The highest BCUT2D eigenvalue weighted by atomic mass is 16.3. The van der Waals surface area contributed by atoms with Crippen molar-refractivity contribution in [3.05, 3.63) is 0 Å². The van der Waals surface area contributed by atoms with E-state index in [1.165, 1.54) is 6.42 Å². The molecule has 0 spiro atoms. The smallest absolute Gasteiger partial charge is 0.0555 e. The van der Waals surface area contributed by atoms with Crippen LogP contribution < -0.4 is 5.32 Å². The molecule has 1 saturated carbocycles. The molecule has 1 rings (SSSR count). The second-order valence-electron chi connectivity index (χ2n) is 4.91. The molecular formula is C10H21NO. The summed E-state index contributed by atoms with van der Waals surface area (Å²) < 4.78 is 0. The van der Waals surface area contributed by atoms with Crippen LogP contribution in [0.15, 0.2) is 0 Å². The molecule has 0 aromatic carbocycles. The van der Waals surface area contributed by atoms with Crippen LogP contribution in [-0.2, 0) is 0 Å². The SMILES string of the molecule is CC(C)(C)NC1CCCC(O)C1. The van der Waals surface area contributed by atoms with Crippen molar-refractivity contribution in [3.63, 3.8) is 0 Å². The zero-order valence-electron chi connectivity index (χ0n) is 8.43. The third-order valence-corrected chi connectivity index (χ3v) is 2.28. The standard InChI is InChI=1S/C10H21NO/c1-10(2,3)11-8-5-4-6-9(12)7-8/h8-9,11-12H,4-7H2,1-3H3. The fourth-order valence-electron chi connectivity index (χ4n) is 1.91. The summed E-state index contributed by atoms with van der Waals surface area (Å²) in [5, 5.41) is 13.0. The van der Waals surface area contributed by atoms with Crippen LogP contribution in [0, 0.1) is 0 Å². The molecule has 0 radical (unpaired) electrons. The fraction of sp³-hybridized carbons (Fsp3) is 1.00. The first-order valence-electron chi connectivity index (χ1n) is 4.93. The molecular weight excluding hydrogens is 150 g/mol. The van der Waals surface area contributed by atoms with Gasteiger partial charge >= 0.3 is 0 Å². The summed E-state index contributed by atoms with van der Waals surface area (Å²) in [4.78, 5) is 0. The van der Waals surface area contributed by atoms with Gasteiger partial charge in [0, 0.05) is 11.6 Å². The molecule has 0 heterocycles. The van der Waals surface area contributed by atoms with Gasteiger partial charge in [-0.25, -0.2) is 0 Å². The minimum absolute atomic E-state index is 0.0707. The highest BCUT2D eigenvalue weighted by molar-refractivity contribution is 4.83. The van der Waals surface area contributed by atoms with Gasteiger partial charge in [0.15, 0.2) is 0 Å². The molecule has 0 aromatic heterocycles. The van der Waals surface area contributed by atoms with Gasteiger partial charge in [-0.2, -0.15) is 0 Å². The molecule has 2 unspecified atom stereocenters. The number of hydrogen-bond donors (Lipinski definition) is 2. The Morgan fingerprint density at radius 1 is 1.25 bits per heavy atom. The lowest BCUT2D eigenvalue weighted by molar-refractivity contribution is 0.104. The van der Waals surface area contributed by atoms with Crippen LogP contribution in [0.3, 0.4) is 0 Å². The van der Waals surface area contributed by atoms with Crippen molar-refractivity contribution in [2.24, 2.45) is 0 Å².